The molecule has 0 bridgehead atoms. The predicted molar refractivity (Wildman–Crippen MR) is 106 cm³/mol. The number of nitrogens with zero attached hydrogens (tertiary/aromatic N) is 2. The average Bonchev–Trinajstić information content (AvgIpc) is 2.91. The van der Waals surface area contributed by atoms with Crippen LogP contribution in [0.15, 0.2) is 45.6 Å². The third kappa shape index (κ3) is 2.79. The number of fused-ring (bicyclic) bond motifs is 2. The predicted octanol–water partition coefficient (Wildman–Crippen LogP) is 4.70. The first-order valence-electron chi connectivity index (χ1n) is 8.93. The second-order valence-electron chi connectivity index (χ2n) is 8.11. The van der Waals surface area contributed by atoms with Crippen molar-refractivity contribution in [1.82, 2.24) is 9.78 Å². The van der Waals surface area contributed by atoms with Crippen molar-refractivity contribution in [2.75, 3.05) is 0 Å². The Morgan fingerprint density at radius 2 is 1.78 bits per heavy atom. The molecule has 0 fully saturated rings. The van der Waals surface area contributed by atoms with Gasteiger partial charge in [0.1, 0.15) is 5.56 Å². The largest absolute Gasteiger partial charge is 0.504 e. The molecule has 0 atom stereocenters. The highest BCUT2D eigenvalue weighted by atomic mass is 16.4. The first kappa shape index (κ1) is 17.3. The molecular weight excluding hydrogens is 340 g/mol. The number of aromatic hydroxyl groups is 1. The average molecular weight is 362 g/mol. The van der Waals surface area contributed by atoms with Crippen molar-refractivity contribution in [1.29, 1.82) is 0 Å². The molecule has 4 rings (SSSR count). The van der Waals surface area contributed by atoms with Gasteiger partial charge in [0.15, 0.2) is 11.3 Å². The van der Waals surface area contributed by atoms with E-state index in [1.54, 1.807) is 12.1 Å². The highest BCUT2D eigenvalue weighted by Crippen LogP contribution is 2.35. The van der Waals surface area contributed by atoms with E-state index in [1.165, 1.54) is 4.68 Å². The number of phenols is 1. The Morgan fingerprint density at radius 3 is 2.44 bits per heavy atom. The van der Waals surface area contributed by atoms with Gasteiger partial charge < -0.3 is 9.52 Å². The molecule has 1 N–H and O–H groups in total. The number of hydrogen-bond acceptors (Lipinski definition) is 4. The van der Waals surface area contributed by atoms with Gasteiger partial charge in [0.05, 0.1) is 5.69 Å². The van der Waals surface area contributed by atoms with Crippen molar-refractivity contribution in [2.24, 2.45) is 0 Å². The molecule has 0 unspecified atom stereocenters. The van der Waals surface area contributed by atoms with Gasteiger partial charge in [0, 0.05) is 5.39 Å². The molecule has 27 heavy (non-hydrogen) atoms. The van der Waals surface area contributed by atoms with E-state index in [9.17, 15) is 9.90 Å². The van der Waals surface area contributed by atoms with Crippen LogP contribution in [0.25, 0.3) is 28.1 Å². The summed E-state index contributed by atoms with van der Waals surface area (Å²) in [6, 6.07) is 11.2. The Bertz CT molecular complexity index is 1210. The zero-order valence-corrected chi connectivity index (χ0v) is 16.1. The van der Waals surface area contributed by atoms with Crippen LogP contribution in [0.2, 0.25) is 0 Å². The Morgan fingerprint density at radius 1 is 1.04 bits per heavy atom. The Hall–Kier alpha value is -3.08. The third-order valence-corrected chi connectivity index (χ3v) is 5.04. The normalized spacial score (nSPS) is 12.2. The minimum Gasteiger partial charge on any atom is -0.504 e. The summed E-state index contributed by atoms with van der Waals surface area (Å²) in [5, 5.41) is 15.5. The van der Waals surface area contributed by atoms with E-state index in [0.717, 1.165) is 16.7 Å². The first-order chi connectivity index (χ1) is 12.6. The van der Waals surface area contributed by atoms with Gasteiger partial charge >= 0.3 is 0 Å². The van der Waals surface area contributed by atoms with Gasteiger partial charge in [-0.1, -0.05) is 26.8 Å². The lowest BCUT2D eigenvalue weighted by atomic mass is 9.86. The van der Waals surface area contributed by atoms with E-state index in [-0.39, 0.29) is 22.6 Å². The molecule has 2 aliphatic heterocycles. The number of aromatic nitrogens is 2. The first-order valence-corrected chi connectivity index (χ1v) is 8.93. The summed E-state index contributed by atoms with van der Waals surface area (Å²) in [6.07, 6.45) is 0. The summed E-state index contributed by atoms with van der Waals surface area (Å²) < 4.78 is 7.15. The monoisotopic (exact) mass is 362 g/mol. The smallest absolute Gasteiger partial charge is 0.284 e. The molecule has 0 aromatic heterocycles. The lowest BCUT2D eigenvalue weighted by Gasteiger charge is -2.19. The summed E-state index contributed by atoms with van der Waals surface area (Å²) >= 11 is 0. The molecule has 5 heteroatoms. The zero-order chi connectivity index (χ0) is 19.5. The van der Waals surface area contributed by atoms with E-state index in [0.29, 0.717) is 22.2 Å². The Balaban J connectivity index is 1.98. The molecule has 2 aromatic carbocycles. The number of hydrogen-bond donors (Lipinski definition) is 1. The zero-order valence-electron chi connectivity index (χ0n) is 16.1. The summed E-state index contributed by atoms with van der Waals surface area (Å²) in [4.78, 5) is 12.9. The summed E-state index contributed by atoms with van der Waals surface area (Å²) in [6.45, 7) is 10.2. The van der Waals surface area contributed by atoms with Crippen LogP contribution in [0.1, 0.15) is 37.5 Å². The van der Waals surface area contributed by atoms with Gasteiger partial charge in [0.25, 0.3) is 5.56 Å². The van der Waals surface area contributed by atoms with Crippen molar-refractivity contribution in [3.05, 3.63) is 63.4 Å². The van der Waals surface area contributed by atoms with Crippen LogP contribution >= 0.6 is 0 Å². The molecule has 138 valence electrons. The number of phenolic OH excluding ortho intramolecular Hbond substituents is 1. The fourth-order valence-corrected chi connectivity index (χ4v) is 3.17. The van der Waals surface area contributed by atoms with Crippen LogP contribution in [-0.4, -0.2) is 14.9 Å². The minimum atomic E-state index is -0.237. The van der Waals surface area contributed by atoms with Crippen LogP contribution in [-0.2, 0) is 5.41 Å². The van der Waals surface area contributed by atoms with E-state index in [1.807, 2.05) is 38.1 Å². The molecule has 0 saturated carbocycles. The minimum absolute atomic E-state index is 0.0486. The molecule has 0 saturated heterocycles. The fourth-order valence-electron chi connectivity index (χ4n) is 3.17. The van der Waals surface area contributed by atoms with Crippen molar-refractivity contribution >= 4 is 11.0 Å². The highest BCUT2D eigenvalue weighted by Gasteiger charge is 2.23. The van der Waals surface area contributed by atoms with E-state index in [4.69, 9.17) is 4.42 Å². The second-order valence-corrected chi connectivity index (χ2v) is 8.11. The maximum atomic E-state index is 12.9. The van der Waals surface area contributed by atoms with Gasteiger partial charge in [-0.15, -0.1) is 5.10 Å². The lowest BCUT2D eigenvalue weighted by Crippen LogP contribution is -2.14. The summed E-state index contributed by atoms with van der Waals surface area (Å²) in [5.74, 6) is 0.261. The van der Waals surface area contributed by atoms with Gasteiger partial charge in [-0.2, -0.15) is 4.68 Å². The van der Waals surface area contributed by atoms with Crippen molar-refractivity contribution in [3.8, 4) is 22.9 Å². The second kappa shape index (κ2) is 5.71. The Kier molecular flexibility index (Phi) is 3.67. The highest BCUT2D eigenvalue weighted by molar-refractivity contribution is 5.87. The van der Waals surface area contributed by atoms with Crippen LogP contribution < -0.4 is 5.56 Å². The number of aryl methyl sites for hydroxylation is 2. The number of benzene rings is 2. The third-order valence-electron chi connectivity index (χ3n) is 5.04. The van der Waals surface area contributed by atoms with Crippen molar-refractivity contribution < 1.29 is 9.52 Å². The van der Waals surface area contributed by atoms with E-state index >= 15 is 0 Å². The van der Waals surface area contributed by atoms with Gasteiger partial charge in [-0.25, -0.2) is 0 Å². The molecule has 2 aliphatic rings. The summed E-state index contributed by atoms with van der Waals surface area (Å²) in [5.41, 5.74) is 4.25. The Labute approximate surface area is 157 Å². The van der Waals surface area contributed by atoms with Gasteiger partial charge in [-0.05, 0) is 66.3 Å². The van der Waals surface area contributed by atoms with Crippen LogP contribution in [0, 0.1) is 13.8 Å². The molecule has 0 radical (unpaired) electrons. The van der Waals surface area contributed by atoms with Crippen molar-refractivity contribution in [3.63, 3.8) is 0 Å². The SMILES string of the molecule is Cc1ccc(-n2nc3oc4c(O)cc(C(C)(C)C)cc4cc-3c2=O)cc1C. The quantitative estimate of drug-likeness (QED) is 0.533. The van der Waals surface area contributed by atoms with Crippen LogP contribution in [0.4, 0.5) is 0 Å². The molecule has 0 aliphatic carbocycles. The number of rotatable bonds is 1. The molecular formula is C22H22N2O3. The molecule has 5 nitrogen and oxygen atoms in total. The van der Waals surface area contributed by atoms with E-state index in [2.05, 4.69) is 25.9 Å². The van der Waals surface area contributed by atoms with Crippen LogP contribution in [0.5, 0.6) is 5.75 Å². The molecule has 2 heterocycles. The van der Waals surface area contributed by atoms with Gasteiger partial charge in [-0.3, -0.25) is 4.79 Å². The van der Waals surface area contributed by atoms with Crippen LogP contribution in [0.3, 0.4) is 0 Å². The molecule has 0 amide bonds. The summed E-state index contributed by atoms with van der Waals surface area (Å²) in [7, 11) is 0. The maximum Gasteiger partial charge on any atom is 0.284 e. The molecule has 0 spiro atoms. The lowest BCUT2D eigenvalue weighted by molar-refractivity contribution is 0.459. The van der Waals surface area contributed by atoms with Crippen molar-refractivity contribution in [2.45, 2.75) is 40.0 Å². The van der Waals surface area contributed by atoms with Gasteiger partial charge in [0.2, 0.25) is 5.89 Å². The maximum absolute atomic E-state index is 12.9. The van der Waals surface area contributed by atoms with E-state index < -0.39 is 0 Å². The standard InChI is InChI=1S/C22H22N2O3/c1-12-6-7-16(8-13(12)2)24-21(26)17-10-14-9-15(22(3,4)5)11-18(25)19(14)27-20(17)23-24/h6-11,25H,1-5H3. The topological polar surface area (TPSA) is 68.3 Å². The molecule has 2 aromatic rings. The fraction of sp³-hybridized carbons (Fsp3) is 0.273.